The molecule has 0 bridgehead atoms. The number of primary amides is 1. The van der Waals surface area contributed by atoms with Crippen molar-refractivity contribution >= 4 is 23.2 Å². The van der Waals surface area contributed by atoms with Crippen LogP contribution in [0.5, 0.6) is 0 Å². The topological polar surface area (TPSA) is 78.9 Å². The summed E-state index contributed by atoms with van der Waals surface area (Å²) < 4.78 is 13.2. The molecule has 0 saturated heterocycles. The molecule has 0 saturated carbocycles. The molecule has 0 heterocycles. The number of nitrogens with one attached hydrogen (secondary N) is 1. The number of carbonyl (C=O) groups is 1. The number of carbonyl (C=O) groups excluding carboxylic acids is 1. The minimum absolute atomic E-state index is 0.0220. The lowest BCUT2D eigenvalue weighted by Crippen LogP contribution is -2.11. The number of nitriles is 1. The number of hydrogen-bond acceptors (Lipinski definition) is 3. The van der Waals surface area contributed by atoms with Gasteiger partial charge >= 0.3 is 0 Å². The first-order valence-electron chi connectivity index (χ1n) is 6.03. The summed E-state index contributed by atoms with van der Waals surface area (Å²) >= 11 is 6.02. The number of hydrogen-bond donors (Lipinski definition) is 2. The Bertz CT molecular complexity index is 740. The van der Waals surface area contributed by atoms with E-state index in [1.54, 1.807) is 24.3 Å². The highest BCUT2D eigenvalue weighted by Crippen LogP contribution is 2.23. The summed E-state index contributed by atoms with van der Waals surface area (Å²) in [5, 5.41) is 12.2. The normalized spacial score (nSPS) is 9.95. The van der Waals surface area contributed by atoms with Crippen molar-refractivity contribution < 1.29 is 9.18 Å². The number of nitrogens with zero attached hydrogens (tertiary/aromatic N) is 1. The monoisotopic (exact) mass is 303 g/mol. The van der Waals surface area contributed by atoms with E-state index >= 15 is 0 Å². The Morgan fingerprint density at radius 3 is 2.76 bits per heavy atom. The van der Waals surface area contributed by atoms with Crippen LogP contribution in [0, 0.1) is 17.1 Å². The minimum atomic E-state index is -0.560. The fourth-order valence-corrected chi connectivity index (χ4v) is 1.96. The van der Waals surface area contributed by atoms with Crippen LogP contribution < -0.4 is 11.1 Å². The van der Waals surface area contributed by atoms with Crippen molar-refractivity contribution in [2.24, 2.45) is 5.73 Å². The van der Waals surface area contributed by atoms with E-state index in [0.29, 0.717) is 28.4 Å². The van der Waals surface area contributed by atoms with Crippen molar-refractivity contribution in [2.75, 3.05) is 5.32 Å². The third-order valence-corrected chi connectivity index (χ3v) is 3.21. The molecule has 2 aromatic carbocycles. The first-order valence-corrected chi connectivity index (χ1v) is 6.41. The number of nitrogens with two attached hydrogens (primary N) is 1. The summed E-state index contributed by atoms with van der Waals surface area (Å²) in [5.41, 5.74) is 6.77. The van der Waals surface area contributed by atoms with E-state index in [-0.39, 0.29) is 5.56 Å². The van der Waals surface area contributed by atoms with Gasteiger partial charge in [-0.15, -0.1) is 0 Å². The zero-order valence-corrected chi connectivity index (χ0v) is 11.6. The van der Waals surface area contributed by atoms with Gasteiger partial charge in [0, 0.05) is 12.1 Å². The Labute approximate surface area is 125 Å². The quantitative estimate of drug-likeness (QED) is 0.911. The summed E-state index contributed by atoms with van der Waals surface area (Å²) in [6, 6.07) is 10.7. The van der Waals surface area contributed by atoms with Gasteiger partial charge in [0.25, 0.3) is 0 Å². The van der Waals surface area contributed by atoms with Gasteiger partial charge in [-0.3, -0.25) is 4.79 Å². The van der Waals surface area contributed by atoms with Gasteiger partial charge in [0.05, 0.1) is 16.3 Å². The van der Waals surface area contributed by atoms with Gasteiger partial charge in [0.2, 0.25) is 5.91 Å². The molecule has 6 heteroatoms. The second-order valence-corrected chi connectivity index (χ2v) is 4.75. The molecular formula is C15H11ClFN3O. The molecule has 21 heavy (non-hydrogen) atoms. The largest absolute Gasteiger partial charge is 0.380 e. The molecule has 106 valence electrons. The van der Waals surface area contributed by atoms with E-state index in [1.807, 2.05) is 0 Å². The predicted octanol–water partition coefficient (Wildman–Crippen LogP) is 3.06. The smallest absolute Gasteiger partial charge is 0.248 e. The van der Waals surface area contributed by atoms with E-state index in [2.05, 4.69) is 5.32 Å². The van der Waals surface area contributed by atoms with Crippen molar-refractivity contribution in [1.82, 2.24) is 0 Å². The molecule has 0 aliphatic carbocycles. The van der Waals surface area contributed by atoms with E-state index < -0.39 is 11.7 Å². The summed E-state index contributed by atoms with van der Waals surface area (Å²) in [7, 11) is 0. The maximum atomic E-state index is 13.2. The molecule has 0 unspecified atom stereocenters. The molecular weight excluding hydrogens is 293 g/mol. The summed E-state index contributed by atoms with van der Waals surface area (Å²) in [6.45, 7) is 0.330. The number of amides is 1. The Kier molecular flexibility index (Phi) is 4.41. The maximum Gasteiger partial charge on any atom is 0.248 e. The molecule has 0 atom stereocenters. The van der Waals surface area contributed by atoms with Gasteiger partial charge in [-0.2, -0.15) is 5.26 Å². The lowest BCUT2D eigenvalue weighted by atomic mass is 10.1. The van der Waals surface area contributed by atoms with E-state index in [9.17, 15) is 9.18 Å². The van der Waals surface area contributed by atoms with Crippen LogP contribution in [0.15, 0.2) is 36.4 Å². The number of benzene rings is 2. The predicted molar refractivity (Wildman–Crippen MR) is 78.4 cm³/mol. The van der Waals surface area contributed by atoms with Gasteiger partial charge in [0.1, 0.15) is 11.9 Å². The standard InChI is InChI=1S/C15H11ClFN3O/c16-12-3-2-10(15(19)21)6-14(12)20-8-9-1-4-13(17)11(5-9)7-18/h1-6,20H,8H2,(H2,19,21). The highest BCUT2D eigenvalue weighted by molar-refractivity contribution is 6.33. The SMILES string of the molecule is N#Cc1cc(CNc2cc(C(N)=O)ccc2Cl)ccc1F. The molecule has 0 radical (unpaired) electrons. The van der Waals surface area contributed by atoms with Gasteiger partial charge in [-0.05, 0) is 35.9 Å². The average Bonchev–Trinajstić information content (AvgIpc) is 2.47. The van der Waals surface area contributed by atoms with Crippen molar-refractivity contribution in [1.29, 1.82) is 5.26 Å². The summed E-state index contributed by atoms with van der Waals surface area (Å²) in [5.74, 6) is -1.11. The molecule has 1 amide bonds. The zero-order chi connectivity index (χ0) is 15.4. The zero-order valence-electron chi connectivity index (χ0n) is 10.9. The first-order chi connectivity index (χ1) is 10.0. The molecule has 0 spiro atoms. The highest BCUT2D eigenvalue weighted by atomic mass is 35.5. The van der Waals surface area contributed by atoms with E-state index in [0.717, 1.165) is 0 Å². The van der Waals surface area contributed by atoms with Crippen LogP contribution in [-0.4, -0.2) is 5.91 Å². The van der Waals surface area contributed by atoms with Crippen molar-refractivity contribution in [3.05, 3.63) is 63.9 Å². The fourth-order valence-electron chi connectivity index (χ4n) is 1.78. The van der Waals surface area contributed by atoms with Crippen LogP contribution >= 0.6 is 11.6 Å². The molecule has 0 aliphatic heterocycles. The molecule has 2 rings (SSSR count). The average molecular weight is 304 g/mol. The summed E-state index contributed by atoms with van der Waals surface area (Å²) in [6.07, 6.45) is 0. The first kappa shape index (κ1) is 14.8. The molecule has 0 aliphatic rings. The second-order valence-electron chi connectivity index (χ2n) is 4.34. The molecule has 2 aromatic rings. The lowest BCUT2D eigenvalue weighted by Gasteiger charge is -2.10. The van der Waals surface area contributed by atoms with Gasteiger partial charge in [0.15, 0.2) is 0 Å². The van der Waals surface area contributed by atoms with Crippen LogP contribution in [0.2, 0.25) is 5.02 Å². The number of rotatable bonds is 4. The Morgan fingerprint density at radius 1 is 1.33 bits per heavy atom. The Balaban J connectivity index is 2.18. The molecule has 4 nitrogen and oxygen atoms in total. The van der Waals surface area contributed by atoms with Crippen LogP contribution in [-0.2, 0) is 6.54 Å². The van der Waals surface area contributed by atoms with Gasteiger partial charge in [-0.25, -0.2) is 4.39 Å². The van der Waals surface area contributed by atoms with Gasteiger partial charge < -0.3 is 11.1 Å². The maximum absolute atomic E-state index is 13.2. The molecule has 0 aromatic heterocycles. The third kappa shape index (κ3) is 3.50. The number of halogens is 2. The second kappa shape index (κ2) is 6.25. The highest BCUT2D eigenvalue weighted by Gasteiger charge is 2.07. The summed E-state index contributed by atoms with van der Waals surface area (Å²) in [4.78, 5) is 11.1. The van der Waals surface area contributed by atoms with Crippen LogP contribution in [0.1, 0.15) is 21.5 Å². The Morgan fingerprint density at radius 2 is 2.10 bits per heavy atom. The van der Waals surface area contributed by atoms with Gasteiger partial charge in [-0.1, -0.05) is 17.7 Å². The van der Waals surface area contributed by atoms with E-state index in [1.165, 1.54) is 18.2 Å². The van der Waals surface area contributed by atoms with Crippen molar-refractivity contribution in [2.45, 2.75) is 6.54 Å². The lowest BCUT2D eigenvalue weighted by molar-refractivity contribution is 0.100. The number of anilines is 1. The van der Waals surface area contributed by atoms with Crippen molar-refractivity contribution in [3.8, 4) is 6.07 Å². The van der Waals surface area contributed by atoms with Crippen molar-refractivity contribution in [3.63, 3.8) is 0 Å². The fraction of sp³-hybridized carbons (Fsp3) is 0.0667. The minimum Gasteiger partial charge on any atom is -0.380 e. The molecule has 3 N–H and O–H groups in total. The Hall–Kier alpha value is -2.58. The third-order valence-electron chi connectivity index (χ3n) is 2.89. The molecule has 0 fully saturated rings. The van der Waals surface area contributed by atoms with Crippen LogP contribution in [0.3, 0.4) is 0 Å². The van der Waals surface area contributed by atoms with Crippen LogP contribution in [0.25, 0.3) is 0 Å². The van der Waals surface area contributed by atoms with E-state index in [4.69, 9.17) is 22.6 Å². The van der Waals surface area contributed by atoms with Crippen LogP contribution in [0.4, 0.5) is 10.1 Å².